The van der Waals surface area contributed by atoms with Gasteiger partial charge < -0.3 is 10.5 Å². The molecule has 0 fully saturated rings. The second-order valence-corrected chi connectivity index (χ2v) is 5.22. The second kappa shape index (κ2) is 8.40. The molecule has 1 unspecified atom stereocenters. The molecular formula is C14H24N2OS. The van der Waals surface area contributed by atoms with Gasteiger partial charge in [-0.15, -0.1) is 0 Å². The molecule has 0 aliphatic heterocycles. The van der Waals surface area contributed by atoms with E-state index in [9.17, 15) is 0 Å². The van der Waals surface area contributed by atoms with E-state index in [0.29, 0.717) is 13.2 Å². The Morgan fingerprint density at radius 1 is 1.44 bits per heavy atom. The summed E-state index contributed by atoms with van der Waals surface area (Å²) in [5, 5.41) is 0. The van der Waals surface area contributed by atoms with Crippen molar-refractivity contribution in [3.8, 4) is 5.75 Å². The number of hydrogen-bond donors (Lipinski definition) is 1. The summed E-state index contributed by atoms with van der Waals surface area (Å²) in [7, 11) is 2.13. The highest BCUT2D eigenvalue weighted by molar-refractivity contribution is 7.98. The quantitative estimate of drug-likeness (QED) is 0.785. The average Bonchev–Trinajstić information content (AvgIpc) is 2.38. The molecule has 102 valence electrons. The molecule has 0 saturated carbocycles. The van der Waals surface area contributed by atoms with Crippen molar-refractivity contribution in [1.29, 1.82) is 0 Å². The summed E-state index contributed by atoms with van der Waals surface area (Å²) in [4.78, 5) is 2.31. The SMILES string of the molecule is CCOc1cccc(C(CN)N(C)CCSC)c1. The van der Waals surface area contributed by atoms with Gasteiger partial charge in [-0.2, -0.15) is 11.8 Å². The molecule has 2 N–H and O–H groups in total. The Hall–Kier alpha value is -0.710. The first-order valence-electron chi connectivity index (χ1n) is 6.35. The van der Waals surface area contributed by atoms with E-state index in [-0.39, 0.29) is 6.04 Å². The Bertz CT molecular complexity index is 346. The lowest BCUT2D eigenvalue weighted by molar-refractivity contribution is 0.264. The van der Waals surface area contributed by atoms with Crippen LogP contribution >= 0.6 is 11.8 Å². The number of benzene rings is 1. The molecule has 1 atom stereocenters. The van der Waals surface area contributed by atoms with Gasteiger partial charge >= 0.3 is 0 Å². The Kier molecular flexibility index (Phi) is 7.16. The van der Waals surface area contributed by atoms with Crippen molar-refractivity contribution in [3.63, 3.8) is 0 Å². The van der Waals surface area contributed by atoms with E-state index < -0.39 is 0 Å². The van der Waals surface area contributed by atoms with Crippen LogP contribution in [-0.2, 0) is 0 Å². The van der Waals surface area contributed by atoms with Crippen LogP contribution < -0.4 is 10.5 Å². The van der Waals surface area contributed by atoms with Crippen LogP contribution in [0.5, 0.6) is 5.75 Å². The standard InChI is InChI=1S/C14H24N2OS/c1-4-17-13-7-5-6-12(10-13)14(11-15)16(2)8-9-18-3/h5-7,10,14H,4,8-9,11,15H2,1-3H3. The summed E-state index contributed by atoms with van der Waals surface area (Å²) in [6, 6.07) is 8.50. The van der Waals surface area contributed by atoms with Crippen molar-refractivity contribution in [2.45, 2.75) is 13.0 Å². The number of nitrogens with zero attached hydrogens (tertiary/aromatic N) is 1. The maximum Gasteiger partial charge on any atom is 0.119 e. The molecule has 0 saturated heterocycles. The van der Waals surface area contributed by atoms with Gasteiger partial charge in [0.2, 0.25) is 0 Å². The van der Waals surface area contributed by atoms with Gasteiger partial charge in [0.25, 0.3) is 0 Å². The number of likely N-dealkylation sites (N-methyl/N-ethyl adjacent to an activating group) is 1. The summed E-state index contributed by atoms with van der Waals surface area (Å²) < 4.78 is 5.54. The molecule has 1 aromatic carbocycles. The molecule has 0 heterocycles. The first-order valence-corrected chi connectivity index (χ1v) is 7.74. The number of nitrogens with two attached hydrogens (primary N) is 1. The zero-order valence-corrected chi connectivity index (χ0v) is 12.4. The summed E-state index contributed by atoms with van der Waals surface area (Å²) in [6.07, 6.45) is 2.13. The van der Waals surface area contributed by atoms with Crippen molar-refractivity contribution >= 4 is 11.8 Å². The van der Waals surface area contributed by atoms with Gasteiger partial charge in [0.15, 0.2) is 0 Å². The number of rotatable bonds is 8. The Balaban J connectivity index is 2.77. The van der Waals surface area contributed by atoms with Crippen LogP contribution in [0.15, 0.2) is 24.3 Å². The smallest absolute Gasteiger partial charge is 0.119 e. The minimum absolute atomic E-state index is 0.262. The highest BCUT2D eigenvalue weighted by atomic mass is 32.2. The van der Waals surface area contributed by atoms with Gasteiger partial charge in [0, 0.05) is 24.9 Å². The first-order chi connectivity index (χ1) is 8.72. The molecule has 1 rings (SSSR count). The molecule has 0 radical (unpaired) electrons. The van der Waals surface area contributed by atoms with E-state index in [1.54, 1.807) is 0 Å². The van der Waals surface area contributed by atoms with Crippen LogP contribution in [0.4, 0.5) is 0 Å². The third-order valence-corrected chi connectivity index (χ3v) is 3.55. The van der Waals surface area contributed by atoms with Crippen molar-refractivity contribution in [3.05, 3.63) is 29.8 Å². The first kappa shape index (κ1) is 15.3. The zero-order chi connectivity index (χ0) is 13.4. The fraction of sp³-hybridized carbons (Fsp3) is 0.571. The van der Waals surface area contributed by atoms with Crippen LogP contribution in [0, 0.1) is 0 Å². The van der Waals surface area contributed by atoms with Gasteiger partial charge in [-0.05, 0) is 37.9 Å². The van der Waals surface area contributed by atoms with E-state index in [0.717, 1.165) is 18.0 Å². The van der Waals surface area contributed by atoms with Gasteiger partial charge in [-0.1, -0.05) is 12.1 Å². The maximum atomic E-state index is 5.91. The third kappa shape index (κ3) is 4.52. The van der Waals surface area contributed by atoms with Crippen LogP contribution in [0.1, 0.15) is 18.5 Å². The van der Waals surface area contributed by atoms with Gasteiger partial charge in [0.05, 0.1) is 6.61 Å². The highest BCUT2D eigenvalue weighted by Gasteiger charge is 2.15. The van der Waals surface area contributed by atoms with E-state index >= 15 is 0 Å². The van der Waals surface area contributed by atoms with E-state index in [4.69, 9.17) is 10.5 Å². The van der Waals surface area contributed by atoms with E-state index in [1.165, 1.54) is 5.56 Å². The third-order valence-electron chi connectivity index (χ3n) is 2.96. The minimum atomic E-state index is 0.262. The van der Waals surface area contributed by atoms with Crippen molar-refractivity contribution in [1.82, 2.24) is 4.90 Å². The van der Waals surface area contributed by atoms with Crippen molar-refractivity contribution in [2.24, 2.45) is 5.73 Å². The second-order valence-electron chi connectivity index (χ2n) is 4.23. The fourth-order valence-corrected chi connectivity index (χ4v) is 2.41. The van der Waals surface area contributed by atoms with Crippen LogP contribution in [0.25, 0.3) is 0 Å². The molecule has 0 spiro atoms. The lowest BCUT2D eigenvalue weighted by Crippen LogP contribution is -2.32. The number of hydrogen-bond acceptors (Lipinski definition) is 4. The molecule has 18 heavy (non-hydrogen) atoms. The van der Waals surface area contributed by atoms with Crippen LogP contribution in [0.2, 0.25) is 0 Å². The highest BCUT2D eigenvalue weighted by Crippen LogP contribution is 2.22. The Labute approximate surface area is 115 Å². The lowest BCUT2D eigenvalue weighted by Gasteiger charge is -2.27. The van der Waals surface area contributed by atoms with Crippen molar-refractivity contribution in [2.75, 3.05) is 38.8 Å². The molecule has 0 aliphatic carbocycles. The Morgan fingerprint density at radius 2 is 2.22 bits per heavy atom. The lowest BCUT2D eigenvalue weighted by atomic mass is 10.1. The van der Waals surface area contributed by atoms with E-state index in [2.05, 4.69) is 30.3 Å². The number of thioether (sulfide) groups is 1. The summed E-state index contributed by atoms with van der Waals surface area (Å²) in [6.45, 7) is 4.36. The molecule has 4 heteroatoms. The molecule has 1 aromatic rings. The normalized spacial score (nSPS) is 12.7. The monoisotopic (exact) mass is 268 g/mol. The number of ether oxygens (including phenoxy) is 1. The predicted molar refractivity (Wildman–Crippen MR) is 80.4 cm³/mol. The minimum Gasteiger partial charge on any atom is -0.494 e. The molecule has 0 aromatic heterocycles. The summed E-state index contributed by atoms with van der Waals surface area (Å²) in [5.41, 5.74) is 7.14. The van der Waals surface area contributed by atoms with Crippen LogP contribution in [0.3, 0.4) is 0 Å². The Morgan fingerprint density at radius 3 is 2.83 bits per heavy atom. The van der Waals surface area contributed by atoms with Crippen molar-refractivity contribution < 1.29 is 4.74 Å². The average molecular weight is 268 g/mol. The van der Waals surface area contributed by atoms with Gasteiger partial charge in [-0.25, -0.2) is 0 Å². The molecule has 0 amide bonds. The van der Waals surface area contributed by atoms with E-state index in [1.807, 2.05) is 30.8 Å². The topological polar surface area (TPSA) is 38.5 Å². The largest absolute Gasteiger partial charge is 0.494 e. The molecule has 0 aliphatic rings. The van der Waals surface area contributed by atoms with Crippen LogP contribution in [-0.4, -0.2) is 43.7 Å². The summed E-state index contributed by atoms with van der Waals surface area (Å²) in [5.74, 6) is 2.05. The fourth-order valence-electron chi connectivity index (χ4n) is 1.94. The molecule has 0 bridgehead atoms. The molecular weight excluding hydrogens is 244 g/mol. The maximum absolute atomic E-state index is 5.91. The summed E-state index contributed by atoms with van der Waals surface area (Å²) >= 11 is 1.86. The van der Waals surface area contributed by atoms with Gasteiger partial charge in [-0.3, -0.25) is 4.90 Å². The molecule has 3 nitrogen and oxygen atoms in total. The predicted octanol–water partition coefficient (Wildman–Crippen LogP) is 2.38. The zero-order valence-electron chi connectivity index (χ0n) is 11.6. The van der Waals surface area contributed by atoms with Gasteiger partial charge in [0.1, 0.15) is 5.75 Å².